The number of likely N-dealkylation sites (tertiary alicyclic amines) is 1. The molecule has 4 heteroatoms. The second-order valence-corrected chi connectivity index (χ2v) is 7.55. The second-order valence-electron chi connectivity index (χ2n) is 7.55. The van der Waals surface area contributed by atoms with E-state index in [1.807, 2.05) is 24.8 Å². The predicted molar refractivity (Wildman–Crippen MR) is 89.8 cm³/mol. The topological polar surface area (TPSA) is 32.3 Å². The zero-order chi connectivity index (χ0) is 16.4. The van der Waals surface area contributed by atoms with E-state index in [1.54, 1.807) is 6.07 Å². The van der Waals surface area contributed by atoms with E-state index in [9.17, 15) is 9.18 Å². The number of carbonyl (C=O) groups is 1. The molecule has 1 N–H and O–H groups in total. The lowest BCUT2D eigenvalue weighted by molar-refractivity contribution is -0.137. The number of hydrogen-bond donors (Lipinski definition) is 1. The molecular formula is C19H27FN2O. The molecule has 1 heterocycles. The van der Waals surface area contributed by atoms with Crippen LogP contribution in [-0.4, -0.2) is 36.5 Å². The summed E-state index contributed by atoms with van der Waals surface area (Å²) < 4.78 is 13.5. The zero-order valence-corrected chi connectivity index (χ0v) is 14.1. The largest absolute Gasteiger partial charge is 0.342 e. The minimum Gasteiger partial charge on any atom is -0.342 e. The molecule has 1 saturated heterocycles. The Bertz CT molecular complexity index is 560. The van der Waals surface area contributed by atoms with E-state index in [-0.39, 0.29) is 11.7 Å². The third-order valence-electron chi connectivity index (χ3n) is 5.26. The maximum atomic E-state index is 13.5. The molecule has 3 rings (SSSR count). The molecule has 0 atom stereocenters. The lowest BCUT2D eigenvalue weighted by Gasteiger charge is -2.37. The van der Waals surface area contributed by atoms with E-state index in [0.29, 0.717) is 6.04 Å². The highest BCUT2D eigenvalue weighted by atomic mass is 19.1. The molecule has 0 radical (unpaired) electrons. The molecule has 0 aromatic heterocycles. The van der Waals surface area contributed by atoms with Gasteiger partial charge in [0.05, 0.1) is 5.41 Å². The number of nitrogens with one attached hydrogen (secondary N) is 1. The van der Waals surface area contributed by atoms with Crippen LogP contribution in [-0.2, 0) is 10.2 Å². The van der Waals surface area contributed by atoms with Gasteiger partial charge in [-0.15, -0.1) is 0 Å². The van der Waals surface area contributed by atoms with Gasteiger partial charge >= 0.3 is 0 Å². The van der Waals surface area contributed by atoms with Crippen molar-refractivity contribution >= 4 is 5.91 Å². The van der Waals surface area contributed by atoms with E-state index in [1.165, 1.54) is 25.0 Å². The number of nitrogens with zero attached hydrogens (tertiary/aromatic N) is 1. The van der Waals surface area contributed by atoms with Gasteiger partial charge in [-0.2, -0.15) is 0 Å². The summed E-state index contributed by atoms with van der Waals surface area (Å²) in [4.78, 5) is 14.8. The first-order valence-electron chi connectivity index (χ1n) is 8.75. The van der Waals surface area contributed by atoms with Crippen molar-refractivity contribution in [2.45, 2.75) is 51.0 Å². The highest BCUT2D eigenvalue weighted by molar-refractivity contribution is 5.87. The fourth-order valence-corrected chi connectivity index (χ4v) is 3.34. The maximum Gasteiger partial charge on any atom is 0.232 e. The van der Waals surface area contributed by atoms with Crippen LogP contribution in [0, 0.1) is 11.7 Å². The minimum absolute atomic E-state index is 0.101. The van der Waals surface area contributed by atoms with Crippen molar-refractivity contribution in [3.63, 3.8) is 0 Å². The second kappa shape index (κ2) is 6.60. The molecule has 1 aromatic carbocycles. The van der Waals surface area contributed by atoms with Crippen LogP contribution in [0.25, 0.3) is 0 Å². The van der Waals surface area contributed by atoms with Gasteiger partial charge in [-0.3, -0.25) is 4.79 Å². The maximum absolute atomic E-state index is 13.5. The number of piperidine rings is 1. The van der Waals surface area contributed by atoms with Gasteiger partial charge in [0.1, 0.15) is 5.82 Å². The van der Waals surface area contributed by atoms with Crippen LogP contribution >= 0.6 is 0 Å². The zero-order valence-electron chi connectivity index (χ0n) is 14.1. The Balaban J connectivity index is 1.57. The molecule has 3 nitrogen and oxygen atoms in total. The summed E-state index contributed by atoms with van der Waals surface area (Å²) in [5.41, 5.74) is 0.0626. The Morgan fingerprint density at radius 2 is 1.96 bits per heavy atom. The van der Waals surface area contributed by atoms with Gasteiger partial charge in [-0.1, -0.05) is 12.1 Å². The molecule has 1 amide bonds. The normalized spacial score (nSPS) is 19.9. The van der Waals surface area contributed by atoms with Crippen LogP contribution in [0.3, 0.4) is 0 Å². The lowest BCUT2D eigenvalue weighted by Crippen LogP contribution is -2.50. The number of halogens is 1. The fraction of sp³-hybridized carbons (Fsp3) is 0.632. The Morgan fingerprint density at radius 1 is 1.26 bits per heavy atom. The first-order valence-corrected chi connectivity index (χ1v) is 8.75. The van der Waals surface area contributed by atoms with Crippen LogP contribution in [0.15, 0.2) is 24.3 Å². The van der Waals surface area contributed by atoms with Gasteiger partial charge in [0, 0.05) is 19.1 Å². The van der Waals surface area contributed by atoms with Crippen molar-refractivity contribution in [3.05, 3.63) is 35.6 Å². The monoisotopic (exact) mass is 318 g/mol. The Morgan fingerprint density at radius 3 is 2.57 bits per heavy atom. The summed E-state index contributed by atoms with van der Waals surface area (Å²) >= 11 is 0. The summed E-state index contributed by atoms with van der Waals surface area (Å²) in [5, 5.41) is 3.63. The standard InChI is InChI=1S/C19H27FN2O/c1-19(2,15-4-3-5-16(20)12-15)18(23)22-10-8-17(9-11-22)21-13-14-6-7-14/h3-5,12,14,17,21H,6-11,13H2,1-2H3. The third-order valence-corrected chi connectivity index (χ3v) is 5.26. The highest BCUT2D eigenvalue weighted by Crippen LogP contribution is 2.29. The van der Waals surface area contributed by atoms with Crippen LogP contribution in [0.2, 0.25) is 0 Å². The average Bonchev–Trinajstić information content (AvgIpc) is 3.37. The SMILES string of the molecule is CC(C)(C(=O)N1CCC(NCC2CC2)CC1)c1cccc(F)c1. The van der Waals surface area contributed by atoms with Crippen LogP contribution in [0.5, 0.6) is 0 Å². The molecule has 2 fully saturated rings. The Kier molecular flexibility index (Phi) is 4.72. The molecule has 0 unspecified atom stereocenters. The Hall–Kier alpha value is -1.42. The molecule has 1 aliphatic carbocycles. The predicted octanol–water partition coefficient (Wildman–Crippen LogP) is 3.09. The molecule has 23 heavy (non-hydrogen) atoms. The van der Waals surface area contributed by atoms with Gasteiger partial charge < -0.3 is 10.2 Å². The van der Waals surface area contributed by atoms with Gasteiger partial charge in [-0.05, 0) is 69.7 Å². The van der Waals surface area contributed by atoms with Crippen molar-refractivity contribution in [3.8, 4) is 0 Å². The van der Waals surface area contributed by atoms with Crippen molar-refractivity contribution < 1.29 is 9.18 Å². The summed E-state index contributed by atoms with van der Waals surface area (Å²) in [6.07, 6.45) is 4.76. The van der Waals surface area contributed by atoms with Gasteiger partial charge in [0.25, 0.3) is 0 Å². The smallest absolute Gasteiger partial charge is 0.232 e. The average molecular weight is 318 g/mol. The van der Waals surface area contributed by atoms with Gasteiger partial charge in [0.2, 0.25) is 5.91 Å². The van der Waals surface area contributed by atoms with E-state index < -0.39 is 5.41 Å². The molecule has 0 spiro atoms. The van der Waals surface area contributed by atoms with Crippen molar-refractivity contribution in [2.24, 2.45) is 5.92 Å². The molecule has 2 aliphatic rings. The molecule has 1 saturated carbocycles. The summed E-state index contributed by atoms with van der Waals surface area (Å²) in [7, 11) is 0. The molecule has 1 aliphatic heterocycles. The summed E-state index contributed by atoms with van der Waals surface area (Å²) in [6.45, 7) is 6.50. The van der Waals surface area contributed by atoms with Crippen molar-refractivity contribution in [1.82, 2.24) is 10.2 Å². The number of rotatable bonds is 5. The third kappa shape index (κ3) is 3.92. The summed E-state index contributed by atoms with van der Waals surface area (Å²) in [5.74, 6) is 0.705. The van der Waals surface area contributed by atoms with E-state index in [4.69, 9.17) is 0 Å². The van der Waals surface area contributed by atoms with Crippen LogP contribution in [0.1, 0.15) is 45.1 Å². The molecular weight excluding hydrogens is 291 g/mol. The van der Waals surface area contributed by atoms with Crippen molar-refractivity contribution in [2.75, 3.05) is 19.6 Å². The van der Waals surface area contributed by atoms with Gasteiger partial charge in [0.15, 0.2) is 0 Å². The highest BCUT2D eigenvalue weighted by Gasteiger charge is 2.35. The number of carbonyl (C=O) groups excluding carboxylic acids is 1. The molecule has 1 aromatic rings. The number of hydrogen-bond acceptors (Lipinski definition) is 2. The van der Waals surface area contributed by atoms with Gasteiger partial charge in [-0.25, -0.2) is 4.39 Å². The lowest BCUT2D eigenvalue weighted by atomic mass is 9.82. The van der Waals surface area contributed by atoms with E-state index >= 15 is 0 Å². The Labute approximate surface area is 138 Å². The van der Waals surface area contributed by atoms with Crippen LogP contribution < -0.4 is 5.32 Å². The van der Waals surface area contributed by atoms with Crippen LogP contribution in [0.4, 0.5) is 4.39 Å². The first-order chi connectivity index (χ1) is 11.0. The molecule has 0 bridgehead atoms. The number of benzene rings is 1. The quantitative estimate of drug-likeness (QED) is 0.905. The number of amides is 1. The van der Waals surface area contributed by atoms with Crippen molar-refractivity contribution in [1.29, 1.82) is 0 Å². The fourth-order valence-electron chi connectivity index (χ4n) is 3.34. The summed E-state index contributed by atoms with van der Waals surface area (Å²) in [6, 6.07) is 6.94. The van der Waals surface area contributed by atoms with E-state index in [0.717, 1.165) is 44.0 Å². The molecule has 126 valence electrons. The first kappa shape index (κ1) is 16.4. The minimum atomic E-state index is -0.684. The van der Waals surface area contributed by atoms with E-state index in [2.05, 4.69) is 5.32 Å².